The van der Waals surface area contributed by atoms with Crippen LogP contribution in [-0.2, 0) is 4.79 Å². The van der Waals surface area contributed by atoms with E-state index in [1.165, 1.54) is 25.7 Å². The van der Waals surface area contributed by atoms with Gasteiger partial charge in [-0.05, 0) is 38.5 Å². The smallest absolute Gasteiger partial charge is 0.239 e. The van der Waals surface area contributed by atoms with Gasteiger partial charge in [0.25, 0.3) is 0 Å². The van der Waals surface area contributed by atoms with Crippen molar-refractivity contribution in [3.05, 3.63) is 0 Å². The van der Waals surface area contributed by atoms with Gasteiger partial charge in [0.2, 0.25) is 5.91 Å². The van der Waals surface area contributed by atoms with Gasteiger partial charge in [-0.1, -0.05) is 26.2 Å². The number of carbonyl (C=O) groups excluding carboxylic acids is 1. The van der Waals surface area contributed by atoms with E-state index in [4.69, 9.17) is 0 Å². The quantitative estimate of drug-likeness (QED) is 0.834. The van der Waals surface area contributed by atoms with E-state index in [-0.39, 0.29) is 6.04 Å². The van der Waals surface area contributed by atoms with Gasteiger partial charge in [0.15, 0.2) is 0 Å². The van der Waals surface area contributed by atoms with Crippen LogP contribution in [0.1, 0.15) is 58.8 Å². The minimum atomic E-state index is 0.0856. The zero-order chi connectivity index (χ0) is 13.1. The Hall–Kier alpha value is -0.570. The fourth-order valence-electron chi connectivity index (χ4n) is 3.58. The van der Waals surface area contributed by atoms with Gasteiger partial charge in [0.1, 0.15) is 0 Å². The Morgan fingerprint density at radius 3 is 2.78 bits per heavy atom. The molecule has 0 aromatic carbocycles. The van der Waals surface area contributed by atoms with E-state index in [9.17, 15) is 4.79 Å². The molecule has 2 fully saturated rings. The monoisotopic (exact) mass is 252 g/mol. The first-order chi connectivity index (χ1) is 8.63. The van der Waals surface area contributed by atoms with Crippen molar-refractivity contribution < 1.29 is 4.79 Å². The standard InChI is InChI=1S/C15H28N2O/c1-4-7-11(2)17(3)15(18)14-10-12-8-5-6-9-13(12)16-14/h11-14,16H,4-10H2,1-3H3. The van der Waals surface area contributed by atoms with Crippen LogP contribution in [-0.4, -0.2) is 36.0 Å². The molecule has 1 saturated heterocycles. The molecule has 1 saturated carbocycles. The Bertz CT molecular complexity index is 278. The molecular formula is C15H28N2O. The minimum absolute atomic E-state index is 0.0856. The summed E-state index contributed by atoms with van der Waals surface area (Å²) in [6.07, 6.45) is 8.57. The Labute approximate surface area is 111 Å². The number of carbonyl (C=O) groups is 1. The van der Waals surface area contributed by atoms with Crippen LogP contribution in [0.3, 0.4) is 0 Å². The molecule has 18 heavy (non-hydrogen) atoms. The lowest BCUT2D eigenvalue weighted by atomic mass is 9.85. The van der Waals surface area contributed by atoms with Gasteiger partial charge in [-0.2, -0.15) is 0 Å². The second kappa shape index (κ2) is 6.05. The number of amides is 1. The third-order valence-corrected chi connectivity index (χ3v) is 4.88. The fraction of sp³-hybridized carbons (Fsp3) is 0.933. The third kappa shape index (κ3) is 2.87. The Morgan fingerprint density at radius 1 is 1.39 bits per heavy atom. The number of nitrogens with zero attached hydrogens (tertiary/aromatic N) is 1. The predicted molar refractivity (Wildman–Crippen MR) is 74.4 cm³/mol. The van der Waals surface area contributed by atoms with Crippen molar-refractivity contribution in [2.45, 2.75) is 76.9 Å². The predicted octanol–water partition coefficient (Wildman–Crippen LogP) is 2.55. The largest absolute Gasteiger partial charge is 0.342 e. The topological polar surface area (TPSA) is 32.3 Å². The molecule has 1 heterocycles. The highest BCUT2D eigenvalue weighted by Gasteiger charge is 2.39. The van der Waals surface area contributed by atoms with Crippen LogP contribution >= 0.6 is 0 Å². The summed E-state index contributed by atoms with van der Waals surface area (Å²) in [6, 6.07) is 1.07. The molecule has 3 nitrogen and oxygen atoms in total. The number of hydrogen-bond acceptors (Lipinski definition) is 2. The fourth-order valence-corrected chi connectivity index (χ4v) is 3.58. The molecular weight excluding hydrogens is 224 g/mol. The second-order valence-corrected chi connectivity index (χ2v) is 6.19. The molecule has 0 aromatic rings. The molecule has 1 aliphatic carbocycles. The lowest BCUT2D eigenvalue weighted by Crippen LogP contribution is -2.46. The van der Waals surface area contributed by atoms with Crippen molar-refractivity contribution >= 4 is 5.91 Å². The van der Waals surface area contributed by atoms with E-state index in [1.54, 1.807) is 0 Å². The van der Waals surface area contributed by atoms with Gasteiger partial charge in [0, 0.05) is 19.1 Å². The van der Waals surface area contributed by atoms with E-state index in [2.05, 4.69) is 19.2 Å². The van der Waals surface area contributed by atoms with E-state index in [0.29, 0.717) is 18.0 Å². The maximum atomic E-state index is 12.5. The van der Waals surface area contributed by atoms with Crippen LogP contribution in [0.5, 0.6) is 0 Å². The molecule has 104 valence electrons. The van der Waals surface area contributed by atoms with E-state index < -0.39 is 0 Å². The van der Waals surface area contributed by atoms with Crippen LogP contribution in [0.4, 0.5) is 0 Å². The summed E-state index contributed by atoms with van der Waals surface area (Å²) in [7, 11) is 1.96. The van der Waals surface area contributed by atoms with Crippen molar-refractivity contribution in [2.75, 3.05) is 7.05 Å². The van der Waals surface area contributed by atoms with Gasteiger partial charge < -0.3 is 10.2 Å². The molecule has 0 bridgehead atoms. The maximum Gasteiger partial charge on any atom is 0.239 e. The second-order valence-electron chi connectivity index (χ2n) is 6.19. The summed E-state index contributed by atoms with van der Waals surface area (Å²) in [5, 5.41) is 3.58. The Morgan fingerprint density at radius 2 is 2.11 bits per heavy atom. The highest BCUT2D eigenvalue weighted by Crippen LogP contribution is 2.33. The molecule has 1 aliphatic heterocycles. The molecule has 3 heteroatoms. The van der Waals surface area contributed by atoms with E-state index in [0.717, 1.165) is 25.2 Å². The first-order valence-corrected chi connectivity index (χ1v) is 7.66. The molecule has 0 spiro atoms. The summed E-state index contributed by atoms with van der Waals surface area (Å²) in [6.45, 7) is 4.33. The van der Waals surface area contributed by atoms with Crippen LogP contribution in [0.25, 0.3) is 0 Å². The van der Waals surface area contributed by atoms with Crippen LogP contribution < -0.4 is 5.32 Å². The van der Waals surface area contributed by atoms with Gasteiger partial charge in [-0.15, -0.1) is 0 Å². The number of rotatable bonds is 4. The molecule has 2 rings (SSSR count). The van der Waals surface area contributed by atoms with Crippen molar-refractivity contribution in [3.63, 3.8) is 0 Å². The molecule has 1 amide bonds. The highest BCUT2D eigenvalue weighted by molar-refractivity contribution is 5.82. The Kier molecular flexibility index (Phi) is 4.66. The number of likely N-dealkylation sites (N-methyl/N-ethyl adjacent to an activating group) is 1. The van der Waals surface area contributed by atoms with Gasteiger partial charge in [-0.3, -0.25) is 4.79 Å². The van der Waals surface area contributed by atoms with E-state index in [1.807, 2.05) is 11.9 Å². The van der Waals surface area contributed by atoms with Gasteiger partial charge >= 0.3 is 0 Å². The van der Waals surface area contributed by atoms with Gasteiger partial charge in [-0.25, -0.2) is 0 Å². The lowest BCUT2D eigenvalue weighted by Gasteiger charge is -2.27. The average molecular weight is 252 g/mol. The van der Waals surface area contributed by atoms with Crippen LogP contribution in [0.2, 0.25) is 0 Å². The first-order valence-electron chi connectivity index (χ1n) is 7.66. The zero-order valence-electron chi connectivity index (χ0n) is 12.1. The highest BCUT2D eigenvalue weighted by atomic mass is 16.2. The lowest BCUT2D eigenvalue weighted by molar-refractivity contribution is -0.133. The summed E-state index contributed by atoms with van der Waals surface area (Å²) >= 11 is 0. The normalized spacial score (nSPS) is 32.9. The van der Waals surface area contributed by atoms with Crippen molar-refractivity contribution in [3.8, 4) is 0 Å². The van der Waals surface area contributed by atoms with Crippen molar-refractivity contribution in [2.24, 2.45) is 5.92 Å². The van der Waals surface area contributed by atoms with Crippen molar-refractivity contribution in [1.29, 1.82) is 0 Å². The molecule has 0 radical (unpaired) electrons. The van der Waals surface area contributed by atoms with Gasteiger partial charge in [0.05, 0.1) is 6.04 Å². The van der Waals surface area contributed by atoms with Crippen LogP contribution in [0.15, 0.2) is 0 Å². The third-order valence-electron chi connectivity index (χ3n) is 4.88. The molecule has 1 N–H and O–H groups in total. The first kappa shape index (κ1) is 13.9. The molecule has 4 unspecified atom stereocenters. The maximum absolute atomic E-state index is 12.5. The molecule has 0 aromatic heterocycles. The number of hydrogen-bond donors (Lipinski definition) is 1. The summed E-state index contributed by atoms with van der Waals surface area (Å²) in [5.74, 6) is 1.06. The SMILES string of the molecule is CCCC(C)N(C)C(=O)C1CC2CCCCC2N1. The number of nitrogens with one attached hydrogen (secondary N) is 1. The summed E-state index contributed by atoms with van der Waals surface area (Å²) in [4.78, 5) is 14.4. The number of fused-ring (bicyclic) bond motifs is 1. The van der Waals surface area contributed by atoms with Crippen molar-refractivity contribution in [1.82, 2.24) is 10.2 Å². The molecule has 2 aliphatic rings. The minimum Gasteiger partial charge on any atom is -0.342 e. The van der Waals surface area contributed by atoms with E-state index >= 15 is 0 Å². The molecule has 4 atom stereocenters. The average Bonchev–Trinajstić information content (AvgIpc) is 2.81. The van der Waals surface area contributed by atoms with Crippen LogP contribution in [0, 0.1) is 5.92 Å². The summed E-state index contributed by atoms with van der Waals surface area (Å²) < 4.78 is 0. The Balaban J connectivity index is 1.90. The summed E-state index contributed by atoms with van der Waals surface area (Å²) in [5.41, 5.74) is 0. The zero-order valence-corrected chi connectivity index (χ0v) is 12.1.